The molecule has 2 aliphatic heterocycles. The van der Waals surface area contributed by atoms with Gasteiger partial charge in [-0.3, -0.25) is 4.79 Å². The summed E-state index contributed by atoms with van der Waals surface area (Å²) in [6, 6.07) is 0.387. The minimum atomic E-state index is 0. The maximum atomic E-state index is 12.4. The number of hydrogen-bond acceptors (Lipinski definition) is 5. The first-order chi connectivity index (χ1) is 10.2. The minimum Gasteiger partial charge on any atom is -0.342 e. The molecule has 3 rings (SSSR count). The molecule has 22 heavy (non-hydrogen) atoms. The fourth-order valence-corrected chi connectivity index (χ4v) is 3.41. The van der Waals surface area contributed by atoms with E-state index in [1.807, 2.05) is 11.8 Å². The summed E-state index contributed by atoms with van der Waals surface area (Å²) in [6.07, 6.45) is 5.99. The highest BCUT2D eigenvalue weighted by Gasteiger charge is 2.27. The molecule has 0 spiro atoms. The van der Waals surface area contributed by atoms with E-state index in [2.05, 4.69) is 15.5 Å². The Morgan fingerprint density at radius 1 is 1.41 bits per heavy atom. The zero-order valence-electron chi connectivity index (χ0n) is 13.1. The molecule has 0 radical (unpaired) electrons. The van der Waals surface area contributed by atoms with Crippen molar-refractivity contribution in [2.45, 2.75) is 51.5 Å². The molecule has 7 heteroatoms. The highest BCUT2D eigenvalue weighted by Crippen LogP contribution is 2.21. The molecule has 0 aromatic carbocycles. The molecule has 2 fully saturated rings. The summed E-state index contributed by atoms with van der Waals surface area (Å²) in [5, 5.41) is 7.36. The van der Waals surface area contributed by atoms with Crippen LogP contribution in [0.5, 0.6) is 0 Å². The van der Waals surface area contributed by atoms with Crippen LogP contribution in [0.25, 0.3) is 0 Å². The molecule has 2 aliphatic rings. The standard InChI is InChI=1S/C15H24N4O2.ClH/c1-11-17-14(18-21-11)8-12-4-3-7-19(10-12)15(20)9-13-5-2-6-16-13;/h12-13,16H,2-10H2,1H3;1H. The summed E-state index contributed by atoms with van der Waals surface area (Å²) in [5.74, 6) is 2.13. The Kier molecular flexibility index (Phi) is 6.20. The average Bonchev–Trinajstić information content (AvgIpc) is 3.11. The second-order valence-corrected chi connectivity index (χ2v) is 6.28. The third kappa shape index (κ3) is 4.43. The molecule has 124 valence electrons. The van der Waals surface area contributed by atoms with Crippen LogP contribution in [0, 0.1) is 12.8 Å². The van der Waals surface area contributed by atoms with Crippen LogP contribution in [-0.4, -0.2) is 46.6 Å². The first-order valence-corrected chi connectivity index (χ1v) is 8.01. The predicted molar refractivity (Wildman–Crippen MR) is 84.9 cm³/mol. The van der Waals surface area contributed by atoms with Crippen LogP contribution >= 0.6 is 12.4 Å². The van der Waals surface area contributed by atoms with Crippen LogP contribution in [-0.2, 0) is 11.2 Å². The Morgan fingerprint density at radius 3 is 2.95 bits per heavy atom. The zero-order chi connectivity index (χ0) is 14.7. The third-order valence-corrected chi connectivity index (χ3v) is 4.50. The summed E-state index contributed by atoms with van der Waals surface area (Å²) < 4.78 is 5.02. The quantitative estimate of drug-likeness (QED) is 0.911. The minimum absolute atomic E-state index is 0. The van der Waals surface area contributed by atoms with Gasteiger partial charge in [0.05, 0.1) is 0 Å². The Bertz CT molecular complexity index is 488. The second-order valence-electron chi connectivity index (χ2n) is 6.28. The first-order valence-electron chi connectivity index (χ1n) is 8.01. The van der Waals surface area contributed by atoms with Crippen LogP contribution in [0.4, 0.5) is 0 Å². The van der Waals surface area contributed by atoms with Crippen molar-refractivity contribution in [3.8, 4) is 0 Å². The van der Waals surface area contributed by atoms with Crippen molar-refractivity contribution in [1.82, 2.24) is 20.4 Å². The monoisotopic (exact) mass is 328 g/mol. The van der Waals surface area contributed by atoms with Gasteiger partial charge in [-0.05, 0) is 38.1 Å². The van der Waals surface area contributed by atoms with E-state index >= 15 is 0 Å². The number of hydrogen-bond donors (Lipinski definition) is 1. The molecule has 1 aromatic rings. The van der Waals surface area contributed by atoms with Crippen LogP contribution < -0.4 is 5.32 Å². The number of likely N-dealkylation sites (tertiary alicyclic amines) is 1. The first kappa shape index (κ1) is 17.2. The van der Waals surface area contributed by atoms with Crippen LogP contribution in [0.2, 0.25) is 0 Å². The Balaban J connectivity index is 0.00000176. The van der Waals surface area contributed by atoms with Crippen molar-refractivity contribution in [2.24, 2.45) is 5.92 Å². The van der Waals surface area contributed by atoms with Gasteiger partial charge in [0.25, 0.3) is 0 Å². The van der Waals surface area contributed by atoms with Crippen LogP contribution in [0.3, 0.4) is 0 Å². The van der Waals surface area contributed by atoms with Gasteiger partial charge in [-0.25, -0.2) is 0 Å². The average molecular weight is 329 g/mol. The van der Waals surface area contributed by atoms with Crippen molar-refractivity contribution in [3.63, 3.8) is 0 Å². The normalized spacial score (nSPS) is 25.0. The number of carbonyl (C=O) groups is 1. The van der Waals surface area contributed by atoms with Crippen molar-refractivity contribution < 1.29 is 9.32 Å². The van der Waals surface area contributed by atoms with E-state index in [-0.39, 0.29) is 12.4 Å². The van der Waals surface area contributed by atoms with Crippen molar-refractivity contribution in [1.29, 1.82) is 0 Å². The van der Waals surface area contributed by atoms with E-state index in [0.717, 1.165) is 51.1 Å². The van der Waals surface area contributed by atoms with Gasteiger partial charge in [-0.2, -0.15) is 4.98 Å². The SMILES string of the molecule is Cc1nc(CC2CCCN(C(=O)CC3CCCN3)C2)no1.Cl. The van der Waals surface area contributed by atoms with Crippen molar-refractivity contribution >= 4 is 18.3 Å². The number of piperidine rings is 1. The molecule has 1 N–H and O–H groups in total. The number of halogens is 1. The number of aromatic nitrogens is 2. The fraction of sp³-hybridized carbons (Fsp3) is 0.800. The van der Waals surface area contributed by atoms with Gasteiger partial charge in [0, 0.05) is 38.9 Å². The molecular formula is C15H25ClN4O2. The Morgan fingerprint density at radius 2 is 2.27 bits per heavy atom. The van der Waals surface area contributed by atoms with Gasteiger partial charge in [0.2, 0.25) is 11.8 Å². The van der Waals surface area contributed by atoms with Gasteiger partial charge >= 0.3 is 0 Å². The zero-order valence-corrected chi connectivity index (χ0v) is 13.9. The molecule has 0 aliphatic carbocycles. The number of rotatable bonds is 4. The van der Waals surface area contributed by atoms with E-state index in [1.165, 1.54) is 6.42 Å². The van der Waals surface area contributed by atoms with Gasteiger partial charge in [-0.1, -0.05) is 5.16 Å². The number of nitrogens with zero attached hydrogens (tertiary/aromatic N) is 3. The van der Waals surface area contributed by atoms with E-state index in [0.29, 0.717) is 30.2 Å². The molecule has 1 aromatic heterocycles. The summed E-state index contributed by atoms with van der Waals surface area (Å²) >= 11 is 0. The molecule has 0 saturated carbocycles. The number of carbonyl (C=O) groups excluding carboxylic acids is 1. The second kappa shape index (κ2) is 7.92. The fourth-order valence-electron chi connectivity index (χ4n) is 3.41. The van der Waals surface area contributed by atoms with E-state index in [1.54, 1.807) is 0 Å². The summed E-state index contributed by atoms with van der Waals surface area (Å²) in [4.78, 5) is 18.7. The maximum absolute atomic E-state index is 12.4. The lowest BCUT2D eigenvalue weighted by Crippen LogP contribution is -2.42. The lowest BCUT2D eigenvalue weighted by molar-refractivity contribution is -0.133. The lowest BCUT2D eigenvalue weighted by Gasteiger charge is -2.33. The van der Waals surface area contributed by atoms with Gasteiger partial charge in [0.1, 0.15) is 0 Å². The number of nitrogens with one attached hydrogen (secondary N) is 1. The lowest BCUT2D eigenvalue weighted by atomic mass is 9.94. The molecule has 2 atom stereocenters. The number of amides is 1. The summed E-state index contributed by atoms with van der Waals surface area (Å²) in [5.41, 5.74) is 0. The largest absolute Gasteiger partial charge is 0.342 e. The molecule has 6 nitrogen and oxygen atoms in total. The molecular weight excluding hydrogens is 304 g/mol. The van der Waals surface area contributed by atoms with E-state index < -0.39 is 0 Å². The molecule has 3 heterocycles. The van der Waals surface area contributed by atoms with Gasteiger partial charge in [0.15, 0.2) is 5.82 Å². The van der Waals surface area contributed by atoms with Crippen LogP contribution in [0.15, 0.2) is 4.52 Å². The summed E-state index contributed by atoms with van der Waals surface area (Å²) in [7, 11) is 0. The topological polar surface area (TPSA) is 71.3 Å². The molecule has 2 saturated heterocycles. The van der Waals surface area contributed by atoms with Crippen LogP contribution in [0.1, 0.15) is 43.8 Å². The molecule has 2 unspecified atom stereocenters. The van der Waals surface area contributed by atoms with E-state index in [9.17, 15) is 4.79 Å². The van der Waals surface area contributed by atoms with Gasteiger partial charge in [-0.15, -0.1) is 12.4 Å². The Hall–Kier alpha value is -1.14. The highest BCUT2D eigenvalue weighted by molar-refractivity contribution is 5.85. The Labute approximate surface area is 137 Å². The predicted octanol–water partition coefficient (Wildman–Crippen LogP) is 1.72. The van der Waals surface area contributed by atoms with E-state index in [4.69, 9.17) is 4.52 Å². The number of aryl methyl sites for hydroxylation is 1. The third-order valence-electron chi connectivity index (χ3n) is 4.50. The summed E-state index contributed by atoms with van der Waals surface area (Å²) in [6.45, 7) is 4.59. The highest BCUT2D eigenvalue weighted by atomic mass is 35.5. The van der Waals surface area contributed by atoms with Gasteiger partial charge < -0.3 is 14.7 Å². The maximum Gasteiger partial charge on any atom is 0.224 e. The molecule has 0 bridgehead atoms. The van der Waals surface area contributed by atoms with Crippen molar-refractivity contribution in [3.05, 3.63) is 11.7 Å². The van der Waals surface area contributed by atoms with Crippen molar-refractivity contribution in [2.75, 3.05) is 19.6 Å². The molecule has 1 amide bonds. The smallest absolute Gasteiger partial charge is 0.224 e.